The molecule has 0 saturated carbocycles. The van der Waals surface area contributed by atoms with Gasteiger partial charge in [0.05, 0.1) is 11.6 Å². The van der Waals surface area contributed by atoms with E-state index >= 15 is 0 Å². The second-order valence-corrected chi connectivity index (χ2v) is 9.23. The molecule has 0 amide bonds. The maximum Gasteiger partial charge on any atom is 0.252 e. The maximum atomic E-state index is 12.9. The van der Waals surface area contributed by atoms with Crippen molar-refractivity contribution in [1.82, 2.24) is 30.1 Å². The highest BCUT2D eigenvalue weighted by atomic mass is 16.3. The third-order valence-corrected chi connectivity index (χ3v) is 6.57. The third kappa shape index (κ3) is 4.91. The molecule has 0 aliphatic carbocycles. The first-order valence-corrected chi connectivity index (χ1v) is 11.5. The number of benzene rings is 1. The number of tetrazole rings is 1. The summed E-state index contributed by atoms with van der Waals surface area (Å²) >= 11 is 0. The van der Waals surface area contributed by atoms with Crippen LogP contribution < -0.4 is 5.56 Å². The van der Waals surface area contributed by atoms with Gasteiger partial charge in [0.2, 0.25) is 0 Å². The van der Waals surface area contributed by atoms with Gasteiger partial charge in [0, 0.05) is 30.8 Å². The highest BCUT2D eigenvalue weighted by Gasteiger charge is 2.30. The van der Waals surface area contributed by atoms with Crippen molar-refractivity contribution >= 4 is 10.9 Å². The van der Waals surface area contributed by atoms with Gasteiger partial charge in [-0.25, -0.2) is 4.68 Å². The number of aromatic amines is 1. The average molecular weight is 441 g/mol. The number of hydrogen-bond donors (Lipinski definition) is 2. The highest BCUT2D eigenvalue weighted by Crippen LogP contribution is 2.29. The molecule has 2 heterocycles. The van der Waals surface area contributed by atoms with Gasteiger partial charge < -0.3 is 10.1 Å². The molecule has 1 atom stereocenters. The molecule has 0 saturated heterocycles. The van der Waals surface area contributed by atoms with Crippen molar-refractivity contribution < 1.29 is 5.11 Å². The van der Waals surface area contributed by atoms with Crippen molar-refractivity contribution in [3.05, 3.63) is 51.1 Å². The summed E-state index contributed by atoms with van der Waals surface area (Å²) in [7, 11) is 0. The van der Waals surface area contributed by atoms with Crippen molar-refractivity contribution in [2.75, 3.05) is 13.2 Å². The minimum Gasteiger partial charge on any atom is -0.396 e. The molecule has 0 bridgehead atoms. The number of rotatable bonds is 10. The van der Waals surface area contributed by atoms with Gasteiger partial charge in [0.15, 0.2) is 5.82 Å². The number of nitrogens with zero attached hydrogens (tertiary/aromatic N) is 5. The molecular weight excluding hydrogens is 404 g/mol. The molecule has 0 aliphatic rings. The summed E-state index contributed by atoms with van der Waals surface area (Å²) in [6, 6.07) is 6.05. The monoisotopic (exact) mass is 440 g/mol. The van der Waals surface area contributed by atoms with Crippen LogP contribution in [0, 0.1) is 13.8 Å². The van der Waals surface area contributed by atoms with Crippen molar-refractivity contribution in [1.29, 1.82) is 0 Å². The van der Waals surface area contributed by atoms with Crippen LogP contribution in [-0.4, -0.2) is 48.3 Å². The van der Waals surface area contributed by atoms with E-state index in [0.29, 0.717) is 25.1 Å². The predicted octanol–water partition coefficient (Wildman–Crippen LogP) is 3.61. The van der Waals surface area contributed by atoms with Gasteiger partial charge in [0.1, 0.15) is 0 Å². The minimum absolute atomic E-state index is 0.0720. The molecule has 0 unspecified atom stereocenters. The van der Waals surface area contributed by atoms with Gasteiger partial charge in [-0.1, -0.05) is 13.8 Å². The molecular formula is C24H36N6O2. The van der Waals surface area contributed by atoms with Crippen LogP contribution in [0.15, 0.2) is 23.0 Å². The van der Waals surface area contributed by atoms with Gasteiger partial charge in [-0.3, -0.25) is 9.69 Å². The third-order valence-electron chi connectivity index (χ3n) is 6.57. The zero-order chi connectivity index (χ0) is 23.5. The lowest BCUT2D eigenvalue weighted by atomic mass is 10.0. The number of nitrogens with one attached hydrogen (secondary N) is 1. The molecule has 0 fully saturated rings. The van der Waals surface area contributed by atoms with Crippen LogP contribution in [0.3, 0.4) is 0 Å². The summed E-state index contributed by atoms with van der Waals surface area (Å²) in [6.45, 7) is 13.8. The summed E-state index contributed by atoms with van der Waals surface area (Å²) in [5.41, 5.74) is 3.60. The molecule has 0 radical (unpaired) electrons. The van der Waals surface area contributed by atoms with Crippen molar-refractivity contribution in [3.8, 4) is 0 Å². The number of aliphatic hydroxyl groups excluding tert-OH is 1. The lowest BCUT2D eigenvalue weighted by Gasteiger charge is -2.33. The van der Waals surface area contributed by atoms with E-state index in [0.717, 1.165) is 35.1 Å². The first-order chi connectivity index (χ1) is 15.2. The van der Waals surface area contributed by atoms with Gasteiger partial charge in [-0.15, -0.1) is 5.10 Å². The smallest absolute Gasteiger partial charge is 0.252 e. The van der Waals surface area contributed by atoms with E-state index in [-0.39, 0.29) is 23.7 Å². The summed E-state index contributed by atoms with van der Waals surface area (Å²) in [5, 5.41) is 23.2. The summed E-state index contributed by atoms with van der Waals surface area (Å²) in [6.07, 6.45) is 2.29. The molecule has 174 valence electrons. The first-order valence-electron chi connectivity index (χ1n) is 11.5. The van der Waals surface area contributed by atoms with E-state index in [4.69, 9.17) is 0 Å². The van der Waals surface area contributed by atoms with Gasteiger partial charge in [-0.2, -0.15) is 0 Å². The Morgan fingerprint density at radius 2 is 1.91 bits per heavy atom. The maximum absolute atomic E-state index is 12.9. The van der Waals surface area contributed by atoms with E-state index in [1.807, 2.05) is 23.7 Å². The zero-order valence-electron chi connectivity index (χ0n) is 20.1. The lowest BCUT2D eigenvalue weighted by Crippen LogP contribution is -2.37. The fraction of sp³-hybridized carbons (Fsp3) is 0.583. The van der Waals surface area contributed by atoms with Crippen molar-refractivity contribution in [2.45, 2.75) is 78.9 Å². The second-order valence-electron chi connectivity index (χ2n) is 9.23. The topological polar surface area (TPSA) is 99.9 Å². The molecule has 3 aromatic rings. The van der Waals surface area contributed by atoms with E-state index in [1.54, 1.807) is 0 Å². The van der Waals surface area contributed by atoms with Crippen LogP contribution in [-0.2, 0) is 12.1 Å². The van der Waals surface area contributed by atoms with Gasteiger partial charge in [-0.05, 0) is 92.1 Å². The quantitative estimate of drug-likeness (QED) is 0.500. The Morgan fingerprint density at radius 1 is 1.19 bits per heavy atom. The van der Waals surface area contributed by atoms with E-state index < -0.39 is 0 Å². The highest BCUT2D eigenvalue weighted by molar-refractivity contribution is 5.80. The van der Waals surface area contributed by atoms with Crippen molar-refractivity contribution in [2.24, 2.45) is 0 Å². The fourth-order valence-corrected chi connectivity index (χ4v) is 4.06. The molecule has 2 N–H and O–H groups in total. The van der Waals surface area contributed by atoms with Gasteiger partial charge >= 0.3 is 0 Å². The molecule has 1 aromatic carbocycles. The summed E-state index contributed by atoms with van der Waals surface area (Å²) in [4.78, 5) is 18.2. The van der Waals surface area contributed by atoms with Gasteiger partial charge in [0.25, 0.3) is 5.56 Å². The Kier molecular flexibility index (Phi) is 7.46. The standard InChI is InChI=1S/C24H36N6O2/c1-7-21(22-26-27-28-30(22)24(5,6)8-2)29(10-9-11-31)15-19-14-18-12-16(3)17(4)13-20(18)25-23(19)32/h12-14,21,31H,7-11,15H2,1-6H3,(H,25,32)/t21-/m0/s1. The summed E-state index contributed by atoms with van der Waals surface area (Å²) in [5.74, 6) is 0.793. The number of aliphatic hydroxyl groups is 1. The van der Waals surface area contributed by atoms with Crippen LogP contribution in [0.1, 0.15) is 75.5 Å². The molecule has 8 heteroatoms. The summed E-state index contributed by atoms with van der Waals surface area (Å²) < 4.78 is 1.91. The lowest BCUT2D eigenvalue weighted by molar-refractivity contribution is 0.144. The number of aromatic nitrogens is 5. The number of pyridine rings is 1. The normalized spacial score (nSPS) is 13.2. The fourth-order valence-electron chi connectivity index (χ4n) is 4.06. The Morgan fingerprint density at radius 3 is 2.56 bits per heavy atom. The molecule has 8 nitrogen and oxygen atoms in total. The van der Waals surface area contributed by atoms with Crippen LogP contribution >= 0.6 is 0 Å². The van der Waals surface area contributed by atoms with E-state index in [2.05, 4.69) is 66.1 Å². The number of hydrogen-bond acceptors (Lipinski definition) is 6. The molecule has 0 aliphatic heterocycles. The van der Waals surface area contributed by atoms with E-state index in [9.17, 15) is 9.90 Å². The molecule has 0 spiro atoms. The number of aryl methyl sites for hydroxylation is 2. The Bertz CT molecular complexity index is 1120. The Balaban J connectivity index is 2.02. The SMILES string of the molecule is CC[C@@H](c1nnnn1C(C)(C)CC)N(CCCO)Cc1cc2cc(C)c(C)cc2[nH]c1=O. The average Bonchev–Trinajstić information content (AvgIpc) is 3.25. The van der Waals surface area contributed by atoms with Crippen LogP contribution in [0.2, 0.25) is 0 Å². The molecule has 2 aromatic heterocycles. The Hall–Kier alpha value is -2.58. The Labute approximate surface area is 189 Å². The first kappa shape index (κ1) is 24.1. The van der Waals surface area contributed by atoms with Crippen molar-refractivity contribution in [3.63, 3.8) is 0 Å². The van der Waals surface area contributed by atoms with Crippen LogP contribution in [0.5, 0.6) is 0 Å². The van der Waals surface area contributed by atoms with Crippen LogP contribution in [0.4, 0.5) is 0 Å². The van der Waals surface area contributed by atoms with Crippen LogP contribution in [0.25, 0.3) is 10.9 Å². The number of H-pyrrole nitrogens is 1. The molecule has 3 rings (SSSR count). The largest absolute Gasteiger partial charge is 0.396 e. The predicted molar refractivity (Wildman–Crippen MR) is 127 cm³/mol. The minimum atomic E-state index is -0.218. The number of fused-ring (bicyclic) bond motifs is 1. The second kappa shape index (κ2) is 9.92. The zero-order valence-corrected chi connectivity index (χ0v) is 20.1. The molecule has 32 heavy (non-hydrogen) atoms. The van der Waals surface area contributed by atoms with E-state index in [1.165, 1.54) is 5.56 Å².